The number of aliphatic hydroxyl groups is 3. The third-order valence-electron chi connectivity index (χ3n) is 9.57. The number of ketones is 2. The van der Waals surface area contributed by atoms with Gasteiger partial charge in [0.15, 0.2) is 11.4 Å². The van der Waals surface area contributed by atoms with Crippen molar-refractivity contribution in [1.82, 2.24) is 9.80 Å². The van der Waals surface area contributed by atoms with Crippen molar-refractivity contribution in [3.8, 4) is 5.75 Å². The quantitative estimate of drug-likeness (QED) is 0.309. The molecule has 2 aromatic rings. The van der Waals surface area contributed by atoms with Crippen LogP contribution in [0.5, 0.6) is 5.75 Å². The number of hydrogen-bond donors (Lipinski definition) is 5. The van der Waals surface area contributed by atoms with Crippen LogP contribution in [0, 0.1) is 11.8 Å². The largest absolute Gasteiger partial charge is 0.510 e. The van der Waals surface area contributed by atoms with Crippen LogP contribution in [0.1, 0.15) is 47.3 Å². The van der Waals surface area contributed by atoms with Gasteiger partial charge in [-0.1, -0.05) is 41.9 Å². The Balaban J connectivity index is 1.59. The lowest BCUT2D eigenvalue weighted by atomic mass is 9.58. The fourth-order valence-corrected chi connectivity index (χ4v) is 7.27. The summed E-state index contributed by atoms with van der Waals surface area (Å²) in [5.74, 6) is -6.97. The number of amides is 1. The van der Waals surface area contributed by atoms with E-state index in [2.05, 4.69) is 18.7 Å². The molecule has 0 radical (unpaired) electrons. The number of rotatable bonds is 6. The predicted molar refractivity (Wildman–Crippen MR) is 160 cm³/mol. The number of halogens is 1. The Bertz CT molecular complexity index is 1610. The number of aromatic hydroxyl groups is 1. The number of aliphatic hydroxyl groups excluding tert-OH is 2. The first-order valence-electron chi connectivity index (χ1n) is 14.0. The molecule has 0 fully saturated rings. The normalized spacial score (nSPS) is 25.7. The van der Waals surface area contributed by atoms with E-state index in [1.54, 1.807) is 14.1 Å². The lowest BCUT2D eigenvalue weighted by molar-refractivity contribution is -0.148. The summed E-state index contributed by atoms with van der Waals surface area (Å²) in [6.07, 6.45) is 0.120. The maximum absolute atomic E-state index is 13.9. The van der Waals surface area contributed by atoms with Crippen LogP contribution in [0.15, 0.2) is 59.1 Å². The van der Waals surface area contributed by atoms with Crippen LogP contribution in [0.2, 0.25) is 5.02 Å². The molecule has 0 saturated carbocycles. The zero-order valence-electron chi connectivity index (χ0n) is 24.7. The van der Waals surface area contributed by atoms with Crippen molar-refractivity contribution < 1.29 is 34.8 Å². The molecule has 1 amide bonds. The highest BCUT2D eigenvalue weighted by Gasteiger charge is 2.63. The SMILES string of the molecule is CN(C)[C@@H]1C(O)=C(C(N)=O)C(=O)[C@@]2(O)C(O)=C3C(=O)c4c(O)cc(CN(C)C(C)(C)c5ccccc5)c(Cl)c4C[C@H]3C[C@@H]12. The summed E-state index contributed by atoms with van der Waals surface area (Å²) in [6, 6.07) is 10.3. The minimum absolute atomic E-state index is 0.00593. The first kappa shape index (κ1) is 30.7. The second-order valence-corrected chi connectivity index (χ2v) is 12.8. The van der Waals surface area contributed by atoms with E-state index in [-0.39, 0.29) is 29.7 Å². The van der Waals surface area contributed by atoms with E-state index in [0.717, 1.165) is 5.56 Å². The number of nitrogens with zero attached hydrogens (tertiary/aromatic N) is 2. The molecule has 43 heavy (non-hydrogen) atoms. The first-order chi connectivity index (χ1) is 20.0. The van der Waals surface area contributed by atoms with Crippen LogP contribution >= 0.6 is 11.6 Å². The molecule has 0 saturated heterocycles. The van der Waals surface area contributed by atoms with Gasteiger partial charge >= 0.3 is 0 Å². The van der Waals surface area contributed by atoms with Crippen LogP contribution in [-0.4, -0.2) is 80.5 Å². The number of carbonyl (C=O) groups is 3. The number of nitrogens with two attached hydrogens (primary N) is 1. The van der Waals surface area contributed by atoms with Crippen molar-refractivity contribution in [2.24, 2.45) is 17.6 Å². The van der Waals surface area contributed by atoms with Gasteiger partial charge in [0.1, 0.15) is 22.8 Å². The van der Waals surface area contributed by atoms with Gasteiger partial charge in [0.05, 0.1) is 11.6 Å². The van der Waals surface area contributed by atoms with Gasteiger partial charge in [-0.3, -0.25) is 24.2 Å². The number of carbonyl (C=O) groups excluding carboxylic acids is 3. The molecule has 0 bridgehead atoms. The van der Waals surface area contributed by atoms with Gasteiger partial charge in [0, 0.05) is 28.6 Å². The van der Waals surface area contributed by atoms with Crippen molar-refractivity contribution in [2.75, 3.05) is 21.1 Å². The van der Waals surface area contributed by atoms with E-state index >= 15 is 0 Å². The van der Waals surface area contributed by atoms with Crippen molar-refractivity contribution in [3.63, 3.8) is 0 Å². The van der Waals surface area contributed by atoms with E-state index in [4.69, 9.17) is 17.3 Å². The van der Waals surface area contributed by atoms with Gasteiger partial charge in [0.25, 0.3) is 5.91 Å². The van der Waals surface area contributed by atoms with Crippen LogP contribution in [0.25, 0.3) is 0 Å². The molecular formula is C32H36ClN3O7. The average molecular weight is 610 g/mol. The molecule has 0 unspecified atom stereocenters. The monoisotopic (exact) mass is 609 g/mol. The zero-order chi connectivity index (χ0) is 31.8. The number of primary amides is 1. The fourth-order valence-electron chi connectivity index (χ4n) is 6.99. The molecule has 3 aliphatic carbocycles. The van der Waals surface area contributed by atoms with Crippen molar-refractivity contribution in [3.05, 3.63) is 86.3 Å². The molecule has 10 nitrogen and oxygen atoms in total. The first-order valence-corrected chi connectivity index (χ1v) is 14.4. The van der Waals surface area contributed by atoms with Crippen LogP contribution in [0.4, 0.5) is 0 Å². The number of likely N-dealkylation sites (N-methyl/N-ethyl adjacent to an activating group) is 1. The molecule has 0 heterocycles. The summed E-state index contributed by atoms with van der Waals surface area (Å²) in [5, 5.41) is 45.5. The van der Waals surface area contributed by atoms with Gasteiger partial charge in [-0.25, -0.2) is 0 Å². The summed E-state index contributed by atoms with van der Waals surface area (Å²) in [7, 11) is 5.11. The summed E-state index contributed by atoms with van der Waals surface area (Å²) in [4.78, 5) is 43.1. The lowest BCUT2D eigenvalue weighted by Gasteiger charge is -2.50. The molecule has 0 aromatic heterocycles. The Morgan fingerprint density at radius 2 is 1.74 bits per heavy atom. The smallest absolute Gasteiger partial charge is 0.255 e. The standard InChI is InChI=1S/C32H36ClN3O7/c1-31(2,17-9-7-6-8-10-17)36(5)14-16-13-20(37)22-18(24(16)33)11-15-12-19-25(35(3)4)27(39)23(30(34)42)29(41)32(19,43)28(40)21(15)26(22)38/h6-10,13,15,19,25,37,39-40,43H,11-12,14H2,1-5H3,(H2,34,42)/t15-,19-,25-,32-/m0/s1. The highest BCUT2D eigenvalue weighted by Crippen LogP contribution is 2.53. The van der Waals surface area contributed by atoms with Gasteiger partial charge in [-0.15, -0.1) is 0 Å². The molecule has 0 spiro atoms. The van der Waals surface area contributed by atoms with E-state index in [1.165, 1.54) is 11.0 Å². The Kier molecular flexibility index (Phi) is 7.50. The van der Waals surface area contributed by atoms with E-state index in [0.29, 0.717) is 22.7 Å². The van der Waals surface area contributed by atoms with Crippen molar-refractivity contribution >= 4 is 29.1 Å². The second-order valence-electron chi connectivity index (χ2n) is 12.5. The van der Waals surface area contributed by atoms with Crippen LogP contribution in [-0.2, 0) is 28.1 Å². The molecule has 2 aromatic carbocycles. The number of Topliss-reactive ketones (excluding diaryl/α,β-unsaturated/α-hetero) is 2. The minimum Gasteiger partial charge on any atom is -0.510 e. The van der Waals surface area contributed by atoms with Crippen molar-refractivity contribution in [2.45, 2.75) is 50.4 Å². The topological polar surface area (TPSA) is 165 Å². The maximum Gasteiger partial charge on any atom is 0.255 e. The fraction of sp³-hybridized carbons (Fsp3) is 0.406. The number of benzene rings is 2. The molecule has 0 aliphatic heterocycles. The number of fused-ring (bicyclic) bond motifs is 3. The van der Waals surface area contributed by atoms with Gasteiger partial charge in [-0.2, -0.15) is 0 Å². The molecule has 4 atom stereocenters. The number of allylic oxidation sites excluding steroid dienone is 1. The summed E-state index contributed by atoms with van der Waals surface area (Å²) in [5.41, 5.74) is 3.22. The third-order valence-corrected chi connectivity index (χ3v) is 10.0. The Morgan fingerprint density at radius 3 is 2.33 bits per heavy atom. The van der Waals surface area contributed by atoms with Gasteiger partial charge in [0.2, 0.25) is 5.78 Å². The number of hydrogen-bond acceptors (Lipinski definition) is 9. The Hall–Kier alpha value is -3.70. The van der Waals surface area contributed by atoms with Crippen molar-refractivity contribution in [1.29, 1.82) is 0 Å². The minimum atomic E-state index is -2.68. The predicted octanol–water partition coefficient (Wildman–Crippen LogP) is 3.14. The summed E-state index contributed by atoms with van der Waals surface area (Å²) in [6.45, 7) is 4.49. The highest BCUT2D eigenvalue weighted by molar-refractivity contribution is 6.33. The molecular weight excluding hydrogens is 574 g/mol. The van der Waals surface area contributed by atoms with E-state index < -0.39 is 63.6 Å². The molecule has 11 heteroatoms. The lowest BCUT2D eigenvalue weighted by Crippen LogP contribution is -2.63. The zero-order valence-corrected chi connectivity index (χ0v) is 25.4. The average Bonchev–Trinajstić information content (AvgIpc) is 2.93. The van der Waals surface area contributed by atoms with E-state index in [1.807, 2.05) is 37.4 Å². The number of phenols is 1. The maximum atomic E-state index is 13.9. The Morgan fingerprint density at radius 1 is 1.12 bits per heavy atom. The summed E-state index contributed by atoms with van der Waals surface area (Å²) < 4.78 is 0. The highest BCUT2D eigenvalue weighted by atomic mass is 35.5. The Labute approximate surface area is 254 Å². The van der Waals surface area contributed by atoms with E-state index in [9.17, 15) is 34.8 Å². The van der Waals surface area contributed by atoms with Gasteiger partial charge < -0.3 is 26.2 Å². The molecule has 3 aliphatic rings. The van der Waals surface area contributed by atoms with Crippen LogP contribution < -0.4 is 5.73 Å². The molecule has 6 N–H and O–H groups in total. The van der Waals surface area contributed by atoms with Crippen LogP contribution in [0.3, 0.4) is 0 Å². The number of phenolic OH excluding ortho intramolecular Hbond substituents is 1. The second kappa shape index (κ2) is 10.5. The third kappa shape index (κ3) is 4.47. The summed E-state index contributed by atoms with van der Waals surface area (Å²) >= 11 is 6.94. The molecule has 5 rings (SSSR count). The molecule has 228 valence electrons. The van der Waals surface area contributed by atoms with Gasteiger partial charge in [-0.05, 0) is 76.5 Å².